The molecule has 1 heterocycles. The zero-order valence-electron chi connectivity index (χ0n) is 16.8. The van der Waals surface area contributed by atoms with Gasteiger partial charge in [0.05, 0.1) is 35.0 Å². The molecule has 0 amide bonds. The molecule has 0 saturated carbocycles. The highest BCUT2D eigenvalue weighted by atomic mass is 15.3. The van der Waals surface area contributed by atoms with E-state index in [1.165, 1.54) is 0 Å². The normalized spacial score (nSPS) is 16.7. The maximum atomic E-state index is 9.11. The Morgan fingerprint density at radius 2 is 2.00 bits per heavy atom. The molecule has 7 nitrogen and oxygen atoms in total. The van der Waals surface area contributed by atoms with Crippen LogP contribution in [-0.4, -0.2) is 32.1 Å². The Labute approximate surface area is 171 Å². The third-order valence-electron chi connectivity index (χ3n) is 5.08. The number of benzene rings is 2. The lowest BCUT2D eigenvalue weighted by Crippen LogP contribution is -2.44. The van der Waals surface area contributed by atoms with Crippen molar-refractivity contribution >= 4 is 28.5 Å². The second kappa shape index (κ2) is 8.78. The fourth-order valence-electron chi connectivity index (χ4n) is 3.68. The summed E-state index contributed by atoms with van der Waals surface area (Å²) in [6.45, 7) is 2.85. The standard InChI is InChI=1S/C22H27N7/c1-15(25)29-20-8-5-17(18(13-24)14-27-2)11-21(20)28(10-9-22(29)26)19-6-3-16(12-23)4-7-19/h3-8,11,14,22,25,27H,9-10,13,24,26H2,1-2H3/b18-14+,25-15?. The van der Waals surface area contributed by atoms with E-state index in [0.29, 0.717) is 30.9 Å². The number of fused-ring (bicyclic) bond motifs is 1. The summed E-state index contributed by atoms with van der Waals surface area (Å²) in [4.78, 5) is 4.06. The topological polar surface area (TPSA) is 118 Å². The molecule has 0 saturated heterocycles. The number of hydrogen-bond donors (Lipinski definition) is 4. The van der Waals surface area contributed by atoms with Crippen molar-refractivity contribution in [2.75, 3.05) is 29.9 Å². The van der Waals surface area contributed by atoms with Gasteiger partial charge in [0.15, 0.2) is 0 Å². The minimum atomic E-state index is -0.290. The number of anilines is 3. The summed E-state index contributed by atoms with van der Waals surface area (Å²) in [7, 11) is 1.85. The van der Waals surface area contributed by atoms with Crippen molar-refractivity contribution in [3.63, 3.8) is 0 Å². The van der Waals surface area contributed by atoms with E-state index in [9.17, 15) is 0 Å². The van der Waals surface area contributed by atoms with Crippen molar-refractivity contribution in [2.45, 2.75) is 19.5 Å². The average Bonchev–Trinajstić information content (AvgIpc) is 2.87. The van der Waals surface area contributed by atoms with Crippen molar-refractivity contribution in [3.05, 3.63) is 59.8 Å². The number of nitrogens with one attached hydrogen (secondary N) is 2. The summed E-state index contributed by atoms with van der Waals surface area (Å²) in [5, 5.41) is 20.4. The van der Waals surface area contributed by atoms with Crippen LogP contribution in [0.3, 0.4) is 0 Å². The van der Waals surface area contributed by atoms with Crippen molar-refractivity contribution in [1.82, 2.24) is 5.32 Å². The fourth-order valence-corrected chi connectivity index (χ4v) is 3.68. The third kappa shape index (κ3) is 4.09. The van der Waals surface area contributed by atoms with Gasteiger partial charge in [-0.15, -0.1) is 0 Å². The summed E-state index contributed by atoms with van der Waals surface area (Å²) < 4.78 is 0. The second-order valence-electron chi connectivity index (χ2n) is 6.99. The SMILES string of the molecule is CN/C=C(\CN)c1ccc2c(c1)N(c1ccc(C#N)cc1)CCC(N)N2C(C)=N. The lowest BCUT2D eigenvalue weighted by molar-refractivity contribution is 0.645. The van der Waals surface area contributed by atoms with Crippen molar-refractivity contribution in [1.29, 1.82) is 10.7 Å². The van der Waals surface area contributed by atoms with Crippen LogP contribution in [0.2, 0.25) is 0 Å². The van der Waals surface area contributed by atoms with Crippen LogP contribution in [0.1, 0.15) is 24.5 Å². The fraction of sp³-hybridized carbons (Fsp3) is 0.273. The van der Waals surface area contributed by atoms with Gasteiger partial charge in [-0.25, -0.2) is 0 Å². The molecule has 1 aliphatic heterocycles. The van der Waals surface area contributed by atoms with Crippen LogP contribution in [0.25, 0.3) is 5.57 Å². The minimum absolute atomic E-state index is 0.290. The molecule has 150 valence electrons. The van der Waals surface area contributed by atoms with Gasteiger partial charge in [-0.3, -0.25) is 5.41 Å². The van der Waals surface area contributed by atoms with E-state index in [4.69, 9.17) is 22.1 Å². The number of rotatable bonds is 4. The van der Waals surface area contributed by atoms with Crippen LogP contribution in [0.15, 0.2) is 48.7 Å². The molecule has 0 aliphatic carbocycles. The van der Waals surface area contributed by atoms with Crippen LogP contribution in [0.4, 0.5) is 17.1 Å². The second-order valence-corrected chi connectivity index (χ2v) is 6.99. The molecule has 2 aromatic rings. The molecule has 6 N–H and O–H groups in total. The largest absolute Gasteiger partial charge is 0.394 e. The Morgan fingerprint density at radius 1 is 1.28 bits per heavy atom. The van der Waals surface area contributed by atoms with Crippen LogP contribution < -0.4 is 26.6 Å². The Bertz CT molecular complexity index is 956. The molecule has 0 aromatic heterocycles. The van der Waals surface area contributed by atoms with Crippen LogP contribution in [0.5, 0.6) is 0 Å². The summed E-state index contributed by atoms with van der Waals surface area (Å²) in [5.74, 6) is 0.401. The van der Waals surface area contributed by atoms with Gasteiger partial charge in [0.1, 0.15) is 0 Å². The number of nitrogens with zero attached hydrogens (tertiary/aromatic N) is 3. The van der Waals surface area contributed by atoms with Crippen molar-refractivity contribution in [3.8, 4) is 6.07 Å². The van der Waals surface area contributed by atoms with E-state index in [1.54, 1.807) is 6.92 Å². The molecule has 0 bridgehead atoms. The van der Waals surface area contributed by atoms with Gasteiger partial charge in [-0.05, 0) is 60.9 Å². The lowest BCUT2D eigenvalue weighted by atomic mass is 10.0. The highest BCUT2D eigenvalue weighted by Gasteiger charge is 2.28. The first-order valence-electron chi connectivity index (χ1n) is 9.58. The molecule has 1 aliphatic rings. The van der Waals surface area contributed by atoms with E-state index in [1.807, 2.05) is 54.5 Å². The molecule has 29 heavy (non-hydrogen) atoms. The number of hydrogen-bond acceptors (Lipinski definition) is 6. The first kappa shape index (κ1) is 20.4. The van der Waals surface area contributed by atoms with Crippen molar-refractivity contribution < 1.29 is 0 Å². The number of nitrogens with two attached hydrogens (primary N) is 2. The van der Waals surface area contributed by atoms with E-state index in [2.05, 4.69) is 22.4 Å². The van der Waals surface area contributed by atoms with Gasteiger partial charge in [0.25, 0.3) is 0 Å². The summed E-state index contributed by atoms with van der Waals surface area (Å²) in [5.41, 5.74) is 17.8. The van der Waals surface area contributed by atoms with E-state index >= 15 is 0 Å². The van der Waals surface area contributed by atoms with Gasteiger partial charge in [-0.1, -0.05) is 6.07 Å². The minimum Gasteiger partial charge on any atom is -0.394 e. The van der Waals surface area contributed by atoms with Crippen LogP contribution in [0, 0.1) is 16.7 Å². The first-order valence-corrected chi connectivity index (χ1v) is 9.58. The zero-order valence-corrected chi connectivity index (χ0v) is 16.8. The third-order valence-corrected chi connectivity index (χ3v) is 5.08. The summed E-state index contributed by atoms with van der Waals surface area (Å²) in [6, 6.07) is 15.8. The zero-order chi connectivity index (χ0) is 21.0. The molecule has 7 heteroatoms. The number of nitriles is 1. The molecule has 1 unspecified atom stereocenters. The molecule has 0 fully saturated rings. The van der Waals surface area contributed by atoms with Crippen molar-refractivity contribution in [2.24, 2.45) is 11.5 Å². The molecular weight excluding hydrogens is 362 g/mol. The van der Waals surface area contributed by atoms with E-state index in [0.717, 1.165) is 28.2 Å². The maximum Gasteiger partial charge on any atom is 0.0991 e. The Kier molecular flexibility index (Phi) is 6.17. The number of amidine groups is 1. The summed E-state index contributed by atoms with van der Waals surface area (Å²) >= 11 is 0. The predicted molar refractivity (Wildman–Crippen MR) is 119 cm³/mol. The molecule has 2 aromatic carbocycles. The monoisotopic (exact) mass is 389 g/mol. The molecule has 0 spiro atoms. The molecule has 1 atom stereocenters. The van der Waals surface area contributed by atoms with Gasteiger partial charge < -0.3 is 26.6 Å². The predicted octanol–water partition coefficient (Wildman–Crippen LogP) is 2.71. The Morgan fingerprint density at radius 3 is 2.59 bits per heavy atom. The molecule has 0 radical (unpaired) electrons. The smallest absolute Gasteiger partial charge is 0.0991 e. The molecule has 3 rings (SSSR count). The Balaban J connectivity index is 2.18. The van der Waals surface area contributed by atoms with Gasteiger partial charge in [0.2, 0.25) is 0 Å². The quantitative estimate of drug-likeness (QED) is 0.472. The maximum absolute atomic E-state index is 9.11. The van der Waals surface area contributed by atoms with Gasteiger partial charge >= 0.3 is 0 Å². The highest BCUT2D eigenvalue weighted by Crippen LogP contribution is 2.40. The first-order chi connectivity index (χ1) is 14.0. The lowest BCUT2D eigenvalue weighted by Gasteiger charge is -2.30. The Hall–Kier alpha value is -3.34. The highest BCUT2D eigenvalue weighted by molar-refractivity contribution is 5.99. The van der Waals surface area contributed by atoms with Crippen LogP contribution in [-0.2, 0) is 0 Å². The van der Waals surface area contributed by atoms with Gasteiger partial charge in [-0.2, -0.15) is 5.26 Å². The van der Waals surface area contributed by atoms with Gasteiger partial charge in [0, 0.05) is 32.0 Å². The summed E-state index contributed by atoms with van der Waals surface area (Å²) in [6.07, 6.45) is 2.30. The van der Waals surface area contributed by atoms with Crippen LogP contribution >= 0.6 is 0 Å². The van der Waals surface area contributed by atoms with E-state index < -0.39 is 0 Å². The average molecular weight is 390 g/mol. The molecular formula is C22H27N7. The van der Waals surface area contributed by atoms with E-state index in [-0.39, 0.29) is 6.17 Å².